The Balaban J connectivity index is 1.38. The van der Waals surface area contributed by atoms with Crippen LogP contribution in [-0.2, 0) is 16.0 Å². The maximum atomic E-state index is 12.5. The van der Waals surface area contributed by atoms with Crippen molar-refractivity contribution in [1.29, 1.82) is 0 Å². The van der Waals surface area contributed by atoms with Gasteiger partial charge in [0.25, 0.3) is 5.89 Å². The van der Waals surface area contributed by atoms with Crippen molar-refractivity contribution in [3.63, 3.8) is 0 Å². The number of aryl methyl sites for hydroxylation is 1. The van der Waals surface area contributed by atoms with Crippen molar-refractivity contribution in [2.45, 2.75) is 38.4 Å². The van der Waals surface area contributed by atoms with Crippen LogP contribution in [-0.4, -0.2) is 45.1 Å². The van der Waals surface area contributed by atoms with Gasteiger partial charge in [-0.2, -0.15) is 4.98 Å². The zero-order valence-electron chi connectivity index (χ0n) is 13.6. The number of carbonyl (C=O) groups is 1. The van der Waals surface area contributed by atoms with Gasteiger partial charge in [0.05, 0.1) is 12.5 Å². The lowest BCUT2D eigenvalue weighted by atomic mass is 9.92. The molecule has 0 spiro atoms. The van der Waals surface area contributed by atoms with Gasteiger partial charge in [-0.15, -0.1) is 0 Å². The van der Waals surface area contributed by atoms with Crippen LogP contribution in [0.15, 0.2) is 28.9 Å². The fourth-order valence-corrected chi connectivity index (χ4v) is 3.56. The highest BCUT2D eigenvalue weighted by atomic mass is 16.5. The molecule has 24 heavy (non-hydrogen) atoms. The number of hydrogen-bond donors (Lipinski definition) is 0. The molecule has 2 fully saturated rings. The van der Waals surface area contributed by atoms with Crippen molar-refractivity contribution in [3.05, 3.63) is 41.8 Å². The molecule has 0 bridgehead atoms. The van der Waals surface area contributed by atoms with Crippen LogP contribution in [0, 0.1) is 12.8 Å². The molecular formula is C17H20N4O3. The van der Waals surface area contributed by atoms with Gasteiger partial charge in [0.15, 0.2) is 5.82 Å². The molecule has 0 saturated carbocycles. The number of aromatic nitrogens is 3. The van der Waals surface area contributed by atoms with Crippen LogP contribution in [0.3, 0.4) is 0 Å². The number of pyridine rings is 1. The van der Waals surface area contributed by atoms with E-state index in [9.17, 15) is 4.79 Å². The van der Waals surface area contributed by atoms with Crippen LogP contribution in [0.2, 0.25) is 0 Å². The molecule has 2 saturated heterocycles. The minimum absolute atomic E-state index is 0.129. The monoisotopic (exact) mass is 328 g/mol. The Labute approximate surface area is 140 Å². The van der Waals surface area contributed by atoms with Gasteiger partial charge in [-0.1, -0.05) is 11.2 Å². The smallest absolute Gasteiger partial charge is 0.255 e. The van der Waals surface area contributed by atoms with E-state index < -0.39 is 0 Å². The number of piperidine rings is 1. The van der Waals surface area contributed by atoms with Gasteiger partial charge in [-0.3, -0.25) is 9.78 Å². The fraction of sp³-hybridized carbons (Fsp3) is 0.529. The molecule has 2 aliphatic heterocycles. The Morgan fingerprint density at radius 2 is 2.33 bits per heavy atom. The Morgan fingerprint density at radius 3 is 3.08 bits per heavy atom. The summed E-state index contributed by atoms with van der Waals surface area (Å²) in [7, 11) is 0. The molecule has 4 heterocycles. The number of rotatable bonds is 3. The number of carbonyl (C=O) groups excluding carboxylic acids is 1. The molecule has 3 atom stereocenters. The topological polar surface area (TPSA) is 81.4 Å². The maximum Gasteiger partial charge on any atom is 0.255 e. The number of fused-ring (bicyclic) bond motifs is 1. The summed E-state index contributed by atoms with van der Waals surface area (Å²) in [5.41, 5.74) is 0.812. The quantitative estimate of drug-likeness (QED) is 0.853. The van der Waals surface area contributed by atoms with E-state index in [1.807, 2.05) is 23.1 Å². The minimum atomic E-state index is -0.146. The van der Waals surface area contributed by atoms with Gasteiger partial charge in [0.1, 0.15) is 6.10 Å². The van der Waals surface area contributed by atoms with Crippen molar-refractivity contribution in [2.24, 2.45) is 5.92 Å². The first kappa shape index (κ1) is 15.3. The van der Waals surface area contributed by atoms with E-state index in [1.165, 1.54) is 0 Å². The highest BCUT2D eigenvalue weighted by Gasteiger charge is 2.42. The second-order valence-electron chi connectivity index (χ2n) is 6.47. The third-order valence-corrected chi connectivity index (χ3v) is 4.75. The molecule has 1 amide bonds. The first-order valence-electron chi connectivity index (χ1n) is 8.32. The molecule has 0 unspecified atom stereocenters. The summed E-state index contributed by atoms with van der Waals surface area (Å²) in [6.45, 7) is 3.25. The highest BCUT2D eigenvalue weighted by molar-refractivity contribution is 5.78. The Kier molecular flexibility index (Phi) is 4.02. The summed E-state index contributed by atoms with van der Waals surface area (Å²) >= 11 is 0. The van der Waals surface area contributed by atoms with Crippen LogP contribution >= 0.6 is 0 Å². The third kappa shape index (κ3) is 3.03. The van der Waals surface area contributed by atoms with Crippen LogP contribution in [0.5, 0.6) is 0 Å². The maximum absolute atomic E-state index is 12.5. The van der Waals surface area contributed by atoms with Crippen LogP contribution < -0.4 is 0 Å². The molecule has 4 rings (SSSR count). The van der Waals surface area contributed by atoms with E-state index in [0.717, 1.165) is 31.6 Å². The van der Waals surface area contributed by atoms with E-state index in [0.29, 0.717) is 24.1 Å². The Morgan fingerprint density at radius 1 is 1.42 bits per heavy atom. The lowest BCUT2D eigenvalue weighted by Crippen LogP contribution is -2.45. The van der Waals surface area contributed by atoms with E-state index >= 15 is 0 Å². The van der Waals surface area contributed by atoms with E-state index in [2.05, 4.69) is 15.1 Å². The zero-order chi connectivity index (χ0) is 16.5. The SMILES string of the molecule is Cc1noc([C@H]2C[C@H]3CN(C(=O)Cc4ccccn4)CC[C@H]3O2)n1. The Bertz CT molecular complexity index is 718. The van der Waals surface area contributed by atoms with Crippen molar-refractivity contribution < 1.29 is 14.1 Å². The molecule has 126 valence electrons. The number of amides is 1. The van der Waals surface area contributed by atoms with E-state index in [1.54, 1.807) is 13.1 Å². The van der Waals surface area contributed by atoms with Crippen molar-refractivity contribution in [2.75, 3.05) is 13.1 Å². The van der Waals surface area contributed by atoms with E-state index in [-0.39, 0.29) is 18.1 Å². The van der Waals surface area contributed by atoms with Crippen LogP contribution in [0.1, 0.15) is 36.4 Å². The average molecular weight is 328 g/mol. The summed E-state index contributed by atoms with van der Waals surface area (Å²) in [6.07, 6.45) is 3.76. The second-order valence-corrected chi connectivity index (χ2v) is 6.47. The first-order valence-corrected chi connectivity index (χ1v) is 8.32. The molecule has 2 aromatic rings. The summed E-state index contributed by atoms with van der Waals surface area (Å²) in [5, 5.41) is 3.83. The number of likely N-dealkylation sites (tertiary alicyclic amines) is 1. The van der Waals surface area contributed by atoms with Crippen LogP contribution in [0.4, 0.5) is 0 Å². The molecule has 7 heteroatoms. The predicted octanol–water partition coefficient (Wildman–Crippen LogP) is 1.69. The molecular weight excluding hydrogens is 308 g/mol. The van der Waals surface area contributed by atoms with Crippen molar-refractivity contribution in [3.8, 4) is 0 Å². The second kappa shape index (κ2) is 6.32. The highest BCUT2D eigenvalue weighted by Crippen LogP contribution is 2.40. The van der Waals surface area contributed by atoms with Gasteiger partial charge in [-0.05, 0) is 31.9 Å². The molecule has 0 radical (unpaired) electrons. The van der Waals surface area contributed by atoms with Gasteiger partial charge >= 0.3 is 0 Å². The fourth-order valence-electron chi connectivity index (χ4n) is 3.56. The molecule has 2 aliphatic rings. The lowest BCUT2D eigenvalue weighted by molar-refractivity contribution is -0.133. The van der Waals surface area contributed by atoms with Gasteiger partial charge < -0.3 is 14.2 Å². The van der Waals surface area contributed by atoms with Crippen molar-refractivity contribution in [1.82, 2.24) is 20.0 Å². The molecule has 2 aromatic heterocycles. The predicted molar refractivity (Wildman–Crippen MR) is 83.9 cm³/mol. The standard InChI is InChI=1S/C17H20N4O3/c1-11-19-17(24-20-11)15-8-12-10-21(7-5-14(12)23-15)16(22)9-13-4-2-3-6-18-13/h2-4,6,12,14-15H,5,7-10H2,1H3/t12-,14+,15+/m0/s1. The largest absolute Gasteiger partial charge is 0.365 e. The molecule has 0 aromatic carbocycles. The zero-order valence-corrected chi connectivity index (χ0v) is 13.6. The molecule has 0 N–H and O–H groups in total. The first-order chi connectivity index (χ1) is 11.7. The van der Waals surface area contributed by atoms with Gasteiger partial charge in [0.2, 0.25) is 5.91 Å². The average Bonchev–Trinajstić information content (AvgIpc) is 3.20. The van der Waals surface area contributed by atoms with Crippen LogP contribution in [0.25, 0.3) is 0 Å². The summed E-state index contributed by atoms with van der Waals surface area (Å²) in [4.78, 5) is 22.9. The number of hydrogen-bond acceptors (Lipinski definition) is 6. The lowest BCUT2D eigenvalue weighted by Gasteiger charge is -2.34. The number of ether oxygens (including phenoxy) is 1. The summed E-state index contributed by atoms with van der Waals surface area (Å²) in [5.74, 6) is 1.62. The van der Waals surface area contributed by atoms with Gasteiger partial charge in [0, 0.05) is 30.9 Å². The summed E-state index contributed by atoms with van der Waals surface area (Å²) < 4.78 is 11.3. The number of nitrogens with zero attached hydrogens (tertiary/aromatic N) is 4. The summed E-state index contributed by atoms with van der Waals surface area (Å²) in [6, 6.07) is 5.65. The van der Waals surface area contributed by atoms with Crippen molar-refractivity contribution >= 4 is 5.91 Å². The molecule has 7 nitrogen and oxygen atoms in total. The van der Waals surface area contributed by atoms with Gasteiger partial charge in [-0.25, -0.2) is 0 Å². The minimum Gasteiger partial charge on any atom is -0.365 e. The molecule has 0 aliphatic carbocycles. The Hall–Kier alpha value is -2.28. The normalized spacial score (nSPS) is 26.4. The van der Waals surface area contributed by atoms with E-state index in [4.69, 9.17) is 9.26 Å². The third-order valence-electron chi connectivity index (χ3n) is 4.75.